The van der Waals surface area contributed by atoms with Gasteiger partial charge < -0.3 is 19.0 Å². The highest BCUT2D eigenvalue weighted by Crippen LogP contribution is 2.29. The minimum atomic E-state index is 0.0945. The number of methoxy groups -OCH3 is 1. The predicted octanol–water partition coefficient (Wildman–Crippen LogP) is 4.15. The Kier molecular flexibility index (Phi) is 5.02. The summed E-state index contributed by atoms with van der Waals surface area (Å²) in [5.41, 5.74) is 4.64. The first-order valence-electron chi connectivity index (χ1n) is 10.3. The van der Waals surface area contributed by atoms with Crippen LogP contribution in [0.25, 0.3) is 22.2 Å². The first-order valence-corrected chi connectivity index (χ1v) is 10.3. The van der Waals surface area contributed by atoms with Gasteiger partial charge in [-0.1, -0.05) is 30.3 Å². The molecule has 1 aliphatic rings. The molecule has 5 rings (SSSR count). The summed E-state index contributed by atoms with van der Waals surface area (Å²) in [5, 5.41) is 1.31. The number of aryl methyl sites for hydroxylation is 1. The van der Waals surface area contributed by atoms with Gasteiger partial charge in [0.2, 0.25) is 0 Å². The van der Waals surface area contributed by atoms with Gasteiger partial charge in [0.1, 0.15) is 11.6 Å². The number of hydrogen-bond donors (Lipinski definition) is 1. The van der Waals surface area contributed by atoms with Gasteiger partial charge >= 0.3 is 0 Å². The molecule has 1 N–H and O–H groups in total. The standard InChI is InChI=1S/C24H26N4O2/c1-27-14-18(20-8-3-4-9-22(20)27)15-28-10-11-30-16-23(28)24-25-13-21(26-24)17-6-5-7-19(12-17)29-2/h3-9,12-14,23H,10-11,15-16H2,1-2H3,(H,25,26)/t23-/m0/s1. The fourth-order valence-electron chi connectivity index (χ4n) is 4.29. The van der Waals surface area contributed by atoms with Crippen LogP contribution in [0.3, 0.4) is 0 Å². The molecule has 2 aromatic heterocycles. The Labute approximate surface area is 176 Å². The van der Waals surface area contributed by atoms with E-state index < -0.39 is 0 Å². The third kappa shape index (κ3) is 3.49. The fraction of sp³-hybridized carbons (Fsp3) is 0.292. The van der Waals surface area contributed by atoms with Crippen molar-refractivity contribution >= 4 is 10.9 Å². The summed E-state index contributed by atoms with van der Waals surface area (Å²) in [6.07, 6.45) is 4.13. The number of fused-ring (bicyclic) bond motifs is 1. The van der Waals surface area contributed by atoms with Gasteiger partial charge in [-0.3, -0.25) is 4.90 Å². The van der Waals surface area contributed by atoms with Crippen LogP contribution in [0.2, 0.25) is 0 Å². The van der Waals surface area contributed by atoms with Crippen molar-refractivity contribution in [2.24, 2.45) is 7.05 Å². The third-order valence-corrected chi connectivity index (χ3v) is 5.88. The number of rotatable bonds is 5. The van der Waals surface area contributed by atoms with E-state index in [1.807, 2.05) is 24.4 Å². The number of ether oxygens (including phenoxy) is 2. The Hall–Kier alpha value is -3.09. The lowest BCUT2D eigenvalue weighted by Crippen LogP contribution is -2.39. The van der Waals surface area contributed by atoms with Crippen molar-refractivity contribution in [2.75, 3.05) is 26.9 Å². The predicted molar refractivity (Wildman–Crippen MR) is 117 cm³/mol. The Bertz CT molecular complexity index is 1160. The normalized spacial score (nSPS) is 17.5. The maximum Gasteiger partial charge on any atom is 0.126 e. The fourth-order valence-corrected chi connectivity index (χ4v) is 4.29. The lowest BCUT2D eigenvalue weighted by atomic mass is 10.1. The minimum Gasteiger partial charge on any atom is -0.497 e. The van der Waals surface area contributed by atoms with Gasteiger partial charge in [0, 0.05) is 42.8 Å². The summed E-state index contributed by atoms with van der Waals surface area (Å²) in [6.45, 7) is 3.12. The molecule has 1 saturated heterocycles. The largest absolute Gasteiger partial charge is 0.497 e. The number of imidazole rings is 1. The van der Waals surface area contributed by atoms with E-state index in [1.165, 1.54) is 16.5 Å². The van der Waals surface area contributed by atoms with E-state index in [1.54, 1.807) is 7.11 Å². The van der Waals surface area contributed by atoms with E-state index in [9.17, 15) is 0 Å². The van der Waals surface area contributed by atoms with Crippen LogP contribution in [0.1, 0.15) is 17.4 Å². The van der Waals surface area contributed by atoms with Crippen LogP contribution in [0.5, 0.6) is 5.75 Å². The van der Waals surface area contributed by atoms with Crippen molar-refractivity contribution in [1.29, 1.82) is 0 Å². The van der Waals surface area contributed by atoms with Crippen LogP contribution in [0, 0.1) is 0 Å². The number of nitrogens with one attached hydrogen (secondary N) is 1. The van der Waals surface area contributed by atoms with Crippen molar-refractivity contribution in [2.45, 2.75) is 12.6 Å². The molecule has 3 heterocycles. The molecule has 0 aliphatic carbocycles. The van der Waals surface area contributed by atoms with Crippen LogP contribution in [0.15, 0.2) is 60.9 Å². The first kappa shape index (κ1) is 18.9. The lowest BCUT2D eigenvalue weighted by Gasteiger charge is -2.34. The number of para-hydroxylation sites is 1. The maximum absolute atomic E-state index is 5.82. The van der Waals surface area contributed by atoms with E-state index in [-0.39, 0.29) is 6.04 Å². The van der Waals surface area contributed by atoms with E-state index in [0.717, 1.165) is 42.5 Å². The zero-order valence-corrected chi connectivity index (χ0v) is 17.3. The van der Waals surface area contributed by atoms with Crippen LogP contribution >= 0.6 is 0 Å². The van der Waals surface area contributed by atoms with Gasteiger partial charge in [-0.15, -0.1) is 0 Å². The molecule has 2 aromatic carbocycles. The van der Waals surface area contributed by atoms with Crippen LogP contribution in [0.4, 0.5) is 0 Å². The van der Waals surface area contributed by atoms with Crippen LogP contribution < -0.4 is 4.74 Å². The molecule has 0 bridgehead atoms. The zero-order valence-electron chi connectivity index (χ0n) is 17.3. The average molecular weight is 402 g/mol. The molecule has 0 spiro atoms. The monoisotopic (exact) mass is 402 g/mol. The summed E-state index contributed by atoms with van der Waals surface area (Å²) in [7, 11) is 3.79. The number of morpholine rings is 1. The molecule has 154 valence electrons. The van der Waals surface area contributed by atoms with Gasteiger partial charge in [0.15, 0.2) is 0 Å². The summed E-state index contributed by atoms with van der Waals surface area (Å²) in [6, 6.07) is 16.7. The number of nitrogens with zero attached hydrogens (tertiary/aromatic N) is 3. The van der Waals surface area contributed by atoms with E-state index >= 15 is 0 Å². The number of hydrogen-bond acceptors (Lipinski definition) is 4. The Balaban J connectivity index is 1.42. The SMILES string of the molecule is COc1cccc(-c2cnc([C@@H]3COCCN3Cc3cn(C)c4ccccc34)[nH]2)c1. The second-order valence-corrected chi connectivity index (χ2v) is 7.76. The molecular formula is C24H26N4O2. The molecule has 1 fully saturated rings. The molecule has 1 atom stereocenters. The lowest BCUT2D eigenvalue weighted by molar-refractivity contribution is -0.0154. The topological polar surface area (TPSA) is 55.3 Å². The van der Waals surface area contributed by atoms with Gasteiger partial charge in [-0.25, -0.2) is 4.98 Å². The van der Waals surface area contributed by atoms with E-state index in [4.69, 9.17) is 14.5 Å². The Morgan fingerprint density at radius 1 is 1.20 bits per heavy atom. The van der Waals surface area contributed by atoms with Crippen molar-refractivity contribution in [3.05, 3.63) is 72.3 Å². The molecular weight excluding hydrogens is 376 g/mol. The highest BCUT2D eigenvalue weighted by molar-refractivity contribution is 5.83. The average Bonchev–Trinajstić information content (AvgIpc) is 3.40. The van der Waals surface area contributed by atoms with Crippen LogP contribution in [-0.4, -0.2) is 46.3 Å². The second-order valence-electron chi connectivity index (χ2n) is 7.76. The highest BCUT2D eigenvalue weighted by atomic mass is 16.5. The van der Waals surface area contributed by atoms with Crippen molar-refractivity contribution < 1.29 is 9.47 Å². The number of aromatic nitrogens is 3. The summed E-state index contributed by atoms with van der Waals surface area (Å²) >= 11 is 0. The Morgan fingerprint density at radius 2 is 2.10 bits per heavy atom. The molecule has 0 unspecified atom stereocenters. The van der Waals surface area contributed by atoms with Crippen molar-refractivity contribution in [3.63, 3.8) is 0 Å². The summed E-state index contributed by atoms with van der Waals surface area (Å²) in [5.74, 6) is 1.77. The molecule has 6 nitrogen and oxygen atoms in total. The molecule has 6 heteroatoms. The van der Waals surface area contributed by atoms with E-state index in [0.29, 0.717) is 6.61 Å². The number of H-pyrrole nitrogens is 1. The van der Waals surface area contributed by atoms with E-state index in [2.05, 4.69) is 58.0 Å². The van der Waals surface area contributed by atoms with Gasteiger partial charge in [-0.2, -0.15) is 0 Å². The number of aromatic amines is 1. The summed E-state index contributed by atoms with van der Waals surface area (Å²) < 4.78 is 13.4. The Morgan fingerprint density at radius 3 is 3.00 bits per heavy atom. The summed E-state index contributed by atoms with van der Waals surface area (Å²) in [4.78, 5) is 10.7. The third-order valence-electron chi connectivity index (χ3n) is 5.88. The number of benzene rings is 2. The molecule has 0 radical (unpaired) electrons. The zero-order chi connectivity index (χ0) is 20.5. The minimum absolute atomic E-state index is 0.0945. The van der Waals surface area contributed by atoms with Gasteiger partial charge in [0.25, 0.3) is 0 Å². The molecule has 0 amide bonds. The first-order chi connectivity index (χ1) is 14.7. The van der Waals surface area contributed by atoms with Crippen molar-refractivity contribution in [3.8, 4) is 17.0 Å². The van der Waals surface area contributed by atoms with Gasteiger partial charge in [0.05, 0.1) is 38.3 Å². The van der Waals surface area contributed by atoms with Gasteiger partial charge in [-0.05, 0) is 23.8 Å². The molecule has 30 heavy (non-hydrogen) atoms. The highest BCUT2D eigenvalue weighted by Gasteiger charge is 2.28. The van der Waals surface area contributed by atoms with Crippen molar-refractivity contribution in [1.82, 2.24) is 19.4 Å². The smallest absolute Gasteiger partial charge is 0.126 e. The molecule has 0 saturated carbocycles. The second kappa shape index (κ2) is 7.97. The molecule has 1 aliphatic heterocycles. The maximum atomic E-state index is 5.82. The van der Waals surface area contributed by atoms with Crippen LogP contribution in [-0.2, 0) is 18.3 Å². The molecule has 4 aromatic rings. The quantitative estimate of drug-likeness (QED) is 0.545.